The highest BCUT2D eigenvalue weighted by atomic mass is 16.7. The molecule has 2 spiro atoms. The minimum Gasteiger partial charge on any atom is -0.511 e. The highest BCUT2D eigenvalue weighted by Crippen LogP contribution is 2.74. The van der Waals surface area contributed by atoms with Crippen LogP contribution in [0.15, 0.2) is 139 Å². The Bertz CT molecular complexity index is 5940. The molecule has 2 aliphatic heterocycles. The predicted molar refractivity (Wildman–Crippen MR) is 531 cm³/mol. The Kier molecular flexibility index (Phi) is 26.3. The molecule has 0 unspecified atom stereocenters. The van der Waals surface area contributed by atoms with E-state index in [1.165, 1.54) is 75.4 Å². The lowest BCUT2D eigenvalue weighted by Crippen LogP contribution is -2.61. The van der Waals surface area contributed by atoms with E-state index in [1.807, 2.05) is 71.1 Å². The number of allylic oxidation sites excluding steroid dienone is 22. The molecule has 0 aromatic carbocycles. The molecule has 0 aromatic heterocycles. The first-order chi connectivity index (χ1) is 64.9. The van der Waals surface area contributed by atoms with Gasteiger partial charge < -0.3 is 33.9 Å². The summed E-state index contributed by atoms with van der Waals surface area (Å²) in [4.78, 5) is 123. The third kappa shape index (κ3) is 16.0. The molecule has 2 saturated heterocycles. The van der Waals surface area contributed by atoms with Gasteiger partial charge in [0.1, 0.15) is 41.6 Å². The number of aliphatic hydroxyl groups excluding tert-OH is 1. The number of aliphatic hydroxyl groups is 1. The van der Waals surface area contributed by atoms with Crippen molar-refractivity contribution < 1.29 is 81.8 Å². The first-order valence-electron chi connectivity index (χ1n) is 52.1. The monoisotopic (exact) mass is 1910 g/mol. The molecule has 20 aliphatic rings. The number of methoxy groups -OCH3 is 1. The lowest BCUT2D eigenvalue weighted by molar-refractivity contribution is -0.285. The minimum atomic E-state index is -1.24. The van der Waals surface area contributed by atoms with Gasteiger partial charge in [-0.1, -0.05) is 225 Å². The van der Waals surface area contributed by atoms with Gasteiger partial charge in [0.15, 0.2) is 46.3 Å². The van der Waals surface area contributed by atoms with Crippen molar-refractivity contribution in [2.75, 3.05) is 33.5 Å². The fraction of sp³-hybridized carbons (Fsp3) is 0.681. The summed E-state index contributed by atoms with van der Waals surface area (Å²) in [7, 11) is 1.31. The number of hydrogen-bond donors (Lipinski definition) is 2. The van der Waals surface area contributed by atoms with Crippen molar-refractivity contribution in [3.05, 3.63) is 139 Å². The van der Waals surface area contributed by atoms with Gasteiger partial charge in [-0.15, -0.1) is 0 Å². The second-order valence-electron chi connectivity index (χ2n) is 51.9. The van der Waals surface area contributed by atoms with Crippen LogP contribution in [0.2, 0.25) is 0 Å². The lowest BCUT2D eigenvalue weighted by atomic mass is 9.43. The smallest absolute Gasteiger partial charge is 0.339 e. The Morgan fingerprint density at radius 3 is 1.14 bits per heavy atom. The molecule has 0 bridgehead atoms. The van der Waals surface area contributed by atoms with E-state index >= 15 is 0 Å². The number of fused-ring (bicyclic) bond motifs is 18. The Balaban J connectivity index is 0.000000127. The summed E-state index contributed by atoms with van der Waals surface area (Å²) in [5.74, 6) is -1.02. The number of aliphatic carboxylic acids is 1. The van der Waals surface area contributed by atoms with Gasteiger partial charge in [-0.05, 0) is 250 Å². The molecule has 0 radical (unpaired) electrons. The highest BCUT2D eigenvalue weighted by Gasteiger charge is 2.70. The molecule has 21 nitrogen and oxygen atoms in total. The molecule has 140 heavy (non-hydrogen) atoms. The van der Waals surface area contributed by atoms with Crippen LogP contribution in [0.1, 0.15) is 333 Å². The second-order valence-corrected chi connectivity index (χ2v) is 51.9. The molecular weight excluding hydrogens is 1760 g/mol. The number of nitriles is 4. The molecule has 2 heterocycles. The summed E-state index contributed by atoms with van der Waals surface area (Å²) >= 11 is 0. The molecule has 18 aliphatic carbocycles. The number of nitrogens with zero attached hydrogens (tertiary/aromatic N) is 4. The Hall–Kier alpha value is -9.22. The predicted octanol–water partition coefficient (Wildman–Crippen LogP) is 23.6. The first kappa shape index (κ1) is 105. The van der Waals surface area contributed by atoms with Crippen LogP contribution in [0.5, 0.6) is 0 Å². The third-order valence-electron chi connectivity index (χ3n) is 42.0. The van der Waals surface area contributed by atoms with Gasteiger partial charge in [-0.25, -0.2) is 9.59 Å². The fourth-order valence-corrected chi connectivity index (χ4v) is 34.4. The SMILES string of the molecule is CC1(C)C(=O)C(C(=O)O)=C[C@]2(C)C3=CC(=O)C(C#N)=C[C@]3(C)CC[C@@H]12.CC1(C)C(=O)CC[C@]2(C)C3=CC(=O)C(C#N)=C[C@]3(C)CC[C@@H]12.CC1(C)C(=O)CC[C@]2(C)C3=CCCC[C@]3(C)CC[C@@H]12.CC1(C)[C@@H]2CC[C@@]3(C)C=C(C#N)C(=O)C=C3[C@@]2(C)CCC12OCCO2.CC1(C)[C@@H]2CC[C@@]3(C)CCC(=O)C=C3[C@@]2(C)CCC12OCCO2.COC(=O)C1=C(O)C(C)(C)[C@@H]2CC[C@@]3(C)C=C(C#N)C(=O)C=C3[C@@]2(C)C1. The van der Waals surface area contributed by atoms with E-state index in [0.717, 1.165) is 119 Å². The Morgan fingerprint density at radius 2 is 0.721 bits per heavy atom. The molecule has 0 aromatic rings. The minimum absolute atomic E-state index is 0.0286. The molecule has 12 fully saturated rings. The van der Waals surface area contributed by atoms with E-state index in [4.69, 9.17) is 28.9 Å². The van der Waals surface area contributed by atoms with Crippen LogP contribution in [-0.4, -0.2) is 114 Å². The van der Waals surface area contributed by atoms with Crippen molar-refractivity contribution in [2.24, 2.45) is 133 Å². The third-order valence-corrected chi connectivity index (χ3v) is 42.0. The molecule has 0 amide bonds. The number of carboxylic acid groups (broad SMARTS) is 1. The molecule has 10 saturated carbocycles. The zero-order valence-corrected chi connectivity index (χ0v) is 88.3. The fourth-order valence-electron chi connectivity index (χ4n) is 34.4. The number of carboxylic acids is 1. The molecular formula is C119H154N4O17. The Labute approximate surface area is 831 Å². The van der Waals surface area contributed by atoms with Gasteiger partial charge in [0.25, 0.3) is 0 Å². The standard InChI is InChI=1S/C21H25NO4.C21H27NO3.C20H21NO4.C20H30O3.C19H23NO2.C18H28O/c1-19(2)15-6-7-20(3)9-12(11-22)14(23)8-16(20)21(15,4)10-13(17(19)24)18(25)26-5;1-18(2)16-5-6-19(3)12-14(13-22)15(23)11-17(19)20(16,4)7-8-21(18)24-9-10-25-21;1-18(2)14-5-6-19(3)8-11(10-21)13(22)7-15(19)20(14,4)9-12(16(18)23)17(24)25;1-17(2)15-6-8-18(3)7-5-14(21)13-16(18)19(15,4)9-10-20(17)22-11-12-23-20;1-17(2)14-5-7-18(3)10-12(11-20)13(21)9-15(18)19(14,4)8-6-16(17)22;1-16(2)13-8-11-17(3)10-6-5-7-14(17)18(13,4)12-9-15(16)19/h8-9,15,24H,6-7,10H2,1-5H3;11-12,16H,5-10H2,1-4H3;7-9,14H,5-6H2,1-4H3,(H,24,25);13,15H,5-12H2,1-4H3;9-10,14H,5-8H2,1-4H3;7,13H,5-6,8-12H2,1-4H3/t15-,20-,21-;16-,19-,20-;14-,19-,20-;15-,18+,19-;14-,18-,19-;13-,17+,18-/m000000/s1. The molecule has 18 atom stereocenters. The zero-order valence-electron chi connectivity index (χ0n) is 88.3. The van der Waals surface area contributed by atoms with Crippen LogP contribution < -0.4 is 0 Å². The number of carbonyl (C=O) groups excluding carboxylic acids is 9. The summed E-state index contributed by atoms with van der Waals surface area (Å²) in [6, 6.07) is 8.06. The van der Waals surface area contributed by atoms with Gasteiger partial charge in [-0.2, -0.15) is 21.0 Å². The molecule has 21 heteroatoms. The number of carbonyl (C=O) groups is 10. The number of ketones is 8. The summed E-state index contributed by atoms with van der Waals surface area (Å²) in [6.45, 7) is 54.5. The number of rotatable bonds is 2. The summed E-state index contributed by atoms with van der Waals surface area (Å²) in [5.41, 5.74) is 4.49. The van der Waals surface area contributed by atoms with Crippen molar-refractivity contribution in [1.82, 2.24) is 0 Å². The van der Waals surface area contributed by atoms with Gasteiger partial charge in [-0.3, -0.25) is 38.4 Å². The largest absolute Gasteiger partial charge is 0.511 e. The summed E-state index contributed by atoms with van der Waals surface area (Å²) in [6.07, 6.45) is 44.9. The molecule has 752 valence electrons. The number of Topliss-reactive ketones (excluding diaryl/α,β-unsaturated/α-hetero) is 3. The van der Waals surface area contributed by atoms with Gasteiger partial charge in [0.05, 0.1) is 67.0 Å². The number of hydrogen-bond acceptors (Lipinski definition) is 20. The average molecular weight is 1910 g/mol. The Morgan fingerprint density at radius 1 is 0.371 bits per heavy atom. The quantitative estimate of drug-likeness (QED) is 0.147. The normalized spacial score (nSPS) is 40.2. The van der Waals surface area contributed by atoms with Crippen molar-refractivity contribution in [2.45, 2.75) is 345 Å². The first-order valence-corrected chi connectivity index (χ1v) is 52.1. The van der Waals surface area contributed by atoms with Gasteiger partial charge in [0, 0.05) is 91.7 Å². The van der Waals surface area contributed by atoms with E-state index < -0.39 is 56.0 Å². The maximum atomic E-state index is 12.7. The highest BCUT2D eigenvalue weighted by molar-refractivity contribution is 6.20. The maximum absolute atomic E-state index is 12.7. The van der Waals surface area contributed by atoms with E-state index in [1.54, 1.807) is 49.8 Å². The van der Waals surface area contributed by atoms with Crippen LogP contribution in [0.25, 0.3) is 0 Å². The second kappa shape index (κ2) is 35.1. The maximum Gasteiger partial charge on any atom is 0.339 e. The van der Waals surface area contributed by atoms with Crippen LogP contribution in [-0.2, 0) is 71.6 Å². The van der Waals surface area contributed by atoms with Gasteiger partial charge >= 0.3 is 11.9 Å². The van der Waals surface area contributed by atoms with Crippen molar-refractivity contribution in [3.63, 3.8) is 0 Å². The van der Waals surface area contributed by atoms with Crippen molar-refractivity contribution in [3.8, 4) is 24.3 Å². The zero-order chi connectivity index (χ0) is 103. The van der Waals surface area contributed by atoms with Crippen LogP contribution in [0.4, 0.5) is 0 Å². The van der Waals surface area contributed by atoms with Crippen LogP contribution in [0, 0.1) is 178 Å². The topological polar surface area (TPSA) is 352 Å². The number of ether oxygens (including phenoxy) is 5. The van der Waals surface area contributed by atoms with E-state index in [-0.39, 0.29) is 140 Å². The molecule has 20 rings (SSSR count). The van der Waals surface area contributed by atoms with Crippen molar-refractivity contribution >= 4 is 58.2 Å². The van der Waals surface area contributed by atoms with Crippen LogP contribution in [0.3, 0.4) is 0 Å². The van der Waals surface area contributed by atoms with E-state index in [0.29, 0.717) is 91.8 Å². The van der Waals surface area contributed by atoms with E-state index in [9.17, 15) is 73.9 Å². The summed E-state index contributed by atoms with van der Waals surface area (Å²) < 4.78 is 29.5. The van der Waals surface area contributed by atoms with Crippen molar-refractivity contribution in [1.29, 1.82) is 21.0 Å². The summed E-state index contributed by atoms with van der Waals surface area (Å²) in [5, 5.41) is 57.2. The number of esters is 1. The van der Waals surface area contributed by atoms with Crippen LogP contribution >= 0.6 is 0 Å². The molecule has 2 N–H and O–H groups in total. The van der Waals surface area contributed by atoms with Gasteiger partial charge in [0.2, 0.25) is 0 Å². The van der Waals surface area contributed by atoms with E-state index in [2.05, 4.69) is 130 Å². The average Bonchev–Trinajstić information content (AvgIpc) is 1.02. The lowest BCUT2D eigenvalue weighted by Gasteiger charge is -2.64.